The van der Waals surface area contributed by atoms with E-state index in [4.69, 9.17) is 14.5 Å². The number of halogens is 1. The van der Waals surface area contributed by atoms with E-state index in [0.29, 0.717) is 12.2 Å². The number of nitrogens with one attached hydrogen (secondary N) is 1. The number of aliphatic imine (C=N–C) groups is 1. The van der Waals surface area contributed by atoms with Gasteiger partial charge < -0.3 is 19.7 Å². The van der Waals surface area contributed by atoms with E-state index in [1.54, 1.807) is 0 Å². The number of guanidine groups is 1. The van der Waals surface area contributed by atoms with E-state index in [2.05, 4.69) is 35.9 Å². The summed E-state index contributed by atoms with van der Waals surface area (Å²) in [5, 5.41) is 3.51. The second-order valence-electron chi connectivity index (χ2n) is 8.61. The Morgan fingerprint density at radius 1 is 1.19 bits per heavy atom. The molecule has 1 N–H and O–H groups in total. The number of morpholine rings is 1. The molecule has 4 unspecified atom stereocenters. The largest absolute Gasteiger partial charge is 0.378 e. The number of fused-ring (bicyclic) bond motifs is 5. The lowest BCUT2D eigenvalue weighted by molar-refractivity contribution is -0.0491. The van der Waals surface area contributed by atoms with Crippen LogP contribution >= 0.6 is 24.0 Å². The monoisotopic (exact) mass is 478 g/mol. The van der Waals surface area contributed by atoms with Gasteiger partial charge in [-0.05, 0) is 33.6 Å². The van der Waals surface area contributed by atoms with Crippen LogP contribution in [0.15, 0.2) is 4.99 Å². The third-order valence-electron chi connectivity index (χ3n) is 6.54. The van der Waals surface area contributed by atoms with Crippen LogP contribution in [0.3, 0.4) is 0 Å². The van der Waals surface area contributed by atoms with Gasteiger partial charge in [0.25, 0.3) is 0 Å². The van der Waals surface area contributed by atoms with Crippen LogP contribution < -0.4 is 5.32 Å². The summed E-state index contributed by atoms with van der Waals surface area (Å²) in [4.78, 5) is 9.95. The molecule has 4 heterocycles. The van der Waals surface area contributed by atoms with Crippen molar-refractivity contribution < 1.29 is 9.47 Å². The van der Waals surface area contributed by atoms with Gasteiger partial charge >= 0.3 is 0 Å². The highest BCUT2D eigenvalue weighted by Crippen LogP contribution is 2.47. The van der Waals surface area contributed by atoms with Crippen LogP contribution in [-0.2, 0) is 9.47 Å². The summed E-state index contributed by atoms with van der Waals surface area (Å²) in [5.74, 6) is 2.55. The van der Waals surface area contributed by atoms with Gasteiger partial charge in [0.2, 0.25) is 0 Å². The van der Waals surface area contributed by atoms with E-state index in [0.717, 1.165) is 70.3 Å². The second-order valence-corrected chi connectivity index (χ2v) is 8.61. The van der Waals surface area contributed by atoms with Crippen LogP contribution in [-0.4, -0.2) is 86.0 Å². The van der Waals surface area contributed by atoms with E-state index < -0.39 is 0 Å². The molecule has 150 valence electrons. The van der Waals surface area contributed by atoms with Crippen LogP contribution in [0.4, 0.5) is 0 Å². The number of rotatable bonds is 4. The molecule has 7 heteroatoms. The molecule has 4 rings (SSSR count). The minimum absolute atomic E-state index is 0. The number of likely N-dealkylation sites (tertiary alicyclic amines) is 1. The first-order chi connectivity index (χ1) is 12.1. The zero-order valence-electron chi connectivity index (χ0n) is 16.4. The van der Waals surface area contributed by atoms with Crippen molar-refractivity contribution in [3.63, 3.8) is 0 Å². The SMILES string of the molecule is CCNC(=NCCN1CCOCC1(C)C)N1CC2C3CCC(O3)C2C1.I. The predicted molar refractivity (Wildman–Crippen MR) is 114 cm³/mol. The van der Waals surface area contributed by atoms with Gasteiger partial charge in [-0.3, -0.25) is 9.89 Å². The van der Waals surface area contributed by atoms with Crippen LogP contribution in [0.2, 0.25) is 0 Å². The Hall–Kier alpha value is -0.120. The molecular weight excluding hydrogens is 443 g/mol. The summed E-state index contributed by atoms with van der Waals surface area (Å²) >= 11 is 0. The molecule has 0 aromatic carbocycles. The van der Waals surface area contributed by atoms with Crippen LogP contribution in [0.25, 0.3) is 0 Å². The molecule has 4 fully saturated rings. The van der Waals surface area contributed by atoms with E-state index in [1.165, 1.54) is 12.8 Å². The Morgan fingerprint density at radius 2 is 1.88 bits per heavy atom. The first kappa shape index (κ1) is 20.6. The van der Waals surface area contributed by atoms with Crippen molar-refractivity contribution in [3.8, 4) is 0 Å². The third-order valence-corrected chi connectivity index (χ3v) is 6.54. The van der Waals surface area contributed by atoms with Crippen molar-refractivity contribution in [1.82, 2.24) is 15.1 Å². The number of nitrogens with zero attached hydrogens (tertiary/aromatic N) is 3. The maximum atomic E-state index is 6.11. The van der Waals surface area contributed by atoms with Gasteiger partial charge in [-0.25, -0.2) is 0 Å². The highest BCUT2D eigenvalue weighted by atomic mass is 127. The molecule has 0 spiro atoms. The molecule has 0 saturated carbocycles. The second kappa shape index (κ2) is 8.49. The van der Waals surface area contributed by atoms with E-state index in [1.807, 2.05) is 0 Å². The number of ether oxygens (including phenoxy) is 2. The molecule has 26 heavy (non-hydrogen) atoms. The molecule has 0 aromatic rings. The first-order valence-electron chi connectivity index (χ1n) is 10.1. The van der Waals surface area contributed by atoms with Gasteiger partial charge in [0.1, 0.15) is 0 Å². The summed E-state index contributed by atoms with van der Waals surface area (Å²) in [6, 6.07) is 0. The van der Waals surface area contributed by atoms with Crippen LogP contribution in [0, 0.1) is 11.8 Å². The lowest BCUT2D eigenvalue weighted by Crippen LogP contribution is -2.53. The smallest absolute Gasteiger partial charge is 0.193 e. The molecule has 0 amide bonds. The molecule has 2 bridgehead atoms. The summed E-state index contributed by atoms with van der Waals surface area (Å²) in [5.41, 5.74) is 0.118. The van der Waals surface area contributed by atoms with Gasteiger partial charge in [-0.15, -0.1) is 24.0 Å². The highest BCUT2D eigenvalue weighted by Gasteiger charge is 2.53. The molecule has 0 aromatic heterocycles. The highest BCUT2D eigenvalue weighted by molar-refractivity contribution is 14.0. The van der Waals surface area contributed by atoms with Gasteiger partial charge in [0.05, 0.1) is 32.0 Å². The van der Waals surface area contributed by atoms with Crippen molar-refractivity contribution in [3.05, 3.63) is 0 Å². The molecule has 0 aliphatic carbocycles. The minimum Gasteiger partial charge on any atom is -0.378 e. The first-order valence-corrected chi connectivity index (χ1v) is 10.1. The van der Waals surface area contributed by atoms with Crippen LogP contribution in [0.1, 0.15) is 33.6 Å². The fraction of sp³-hybridized carbons (Fsp3) is 0.947. The number of hydrogen-bond donors (Lipinski definition) is 1. The zero-order valence-corrected chi connectivity index (χ0v) is 18.8. The summed E-state index contributed by atoms with van der Waals surface area (Å²) < 4.78 is 11.7. The van der Waals surface area contributed by atoms with Gasteiger partial charge in [0.15, 0.2) is 5.96 Å². The summed E-state index contributed by atoms with van der Waals surface area (Å²) in [6.45, 7) is 14.3. The zero-order chi connectivity index (χ0) is 17.4. The van der Waals surface area contributed by atoms with Crippen molar-refractivity contribution in [2.45, 2.75) is 51.4 Å². The molecule has 4 aliphatic rings. The topological polar surface area (TPSA) is 49.3 Å². The summed E-state index contributed by atoms with van der Waals surface area (Å²) in [7, 11) is 0. The average Bonchev–Trinajstić information content (AvgIpc) is 3.28. The van der Waals surface area contributed by atoms with Gasteiger partial charge in [-0.1, -0.05) is 0 Å². The minimum atomic E-state index is 0. The van der Waals surface area contributed by atoms with Crippen molar-refractivity contribution >= 4 is 29.9 Å². The lowest BCUT2D eigenvalue weighted by Gasteiger charge is -2.41. The van der Waals surface area contributed by atoms with Crippen molar-refractivity contribution in [2.75, 3.05) is 52.5 Å². The fourth-order valence-corrected chi connectivity index (χ4v) is 5.14. The molecular formula is C19H35IN4O2. The number of hydrogen-bond acceptors (Lipinski definition) is 4. The third kappa shape index (κ3) is 4.00. The molecule has 4 saturated heterocycles. The average molecular weight is 478 g/mol. The molecule has 0 radical (unpaired) electrons. The Kier molecular flexibility index (Phi) is 6.73. The van der Waals surface area contributed by atoms with Crippen molar-refractivity contribution in [1.29, 1.82) is 0 Å². The van der Waals surface area contributed by atoms with E-state index in [-0.39, 0.29) is 29.5 Å². The molecule has 4 atom stereocenters. The van der Waals surface area contributed by atoms with Crippen molar-refractivity contribution in [2.24, 2.45) is 16.8 Å². The Morgan fingerprint density at radius 3 is 2.50 bits per heavy atom. The molecule has 4 aliphatic heterocycles. The van der Waals surface area contributed by atoms with Crippen LogP contribution in [0.5, 0.6) is 0 Å². The molecule has 6 nitrogen and oxygen atoms in total. The predicted octanol–water partition coefficient (Wildman–Crippen LogP) is 1.79. The van der Waals surface area contributed by atoms with Gasteiger partial charge in [-0.2, -0.15) is 0 Å². The maximum Gasteiger partial charge on any atom is 0.193 e. The standard InChI is InChI=1S/C19H34N4O2.HI/c1-4-20-18(21-7-8-23-9-10-24-13-19(23,2)3)22-11-14-15(12-22)17-6-5-16(14)25-17;/h14-17H,4-13H2,1-3H3,(H,20,21);1H. The normalized spacial score (nSPS) is 36.1. The maximum absolute atomic E-state index is 6.11. The quantitative estimate of drug-likeness (QED) is 0.380. The Balaban J connectivity index is 0.00000196. The Bertz CT molecular complexity index is 498. The Labute approximate surface area is 175 Å². The van der Waals surface area contributed by atoms with E-state index in [9.17, 15) is 0 Å². The summed E-state index contributed by atoms with van der Waals surface area (Å²) in [6.07, 6.45) is 3.55. The fourth-order valence-electron chi connectivity index (χ4n) is 5.14. The van der Waals surface area contributed by atoms with E-state index >= 15 is 0 Å². The lowest BCUT2D eigenvalue weighted by atomic mass is 9.82. The van der Waals surface area contributed by atoms with Gasteiger partial charge in [0, 0.05) is 50.1 Å².